The normalized spacial score (nSPS) is 26.8. The van der Waals surface area contributed by atoms with Crippen molar-refractivity contribution in [3.63, 3.8) is 0 Å². The Morgan fingerprint density at radius 1 is 1.17 bits per heavy atom. The Hall–Kier alpha value is -0.0700. The van der Waals surface area contributed by atoms with E-state index in [9.17, 15) is 4.79 Å². The largest absolute Gasteiger partial charge is 0.364 e. The number of hydrogen-bond acceptors (Lipinski definition) is 4. The number of rotatable bonds is 5. The van der Waals surface area contributed by atoms with Gasteiger partial charge in [0.2, 0.25) is 5.91 Å². The van der Waals surface area contributed by atoms with E-state index in [1.165, 1.54) is 25.7 Å². The zero-order chi connectivity index (χ0) is 15.3. The van der Waals surface area contributed by atoms with Gasteiger partial charge in [0.25, 0.3) is 0 Å². The molecule has 2 atom stereocenters. The van der Waals surface area contributed by atoms with Crippen LogP contribution in [0, 0.1) is 0 Å². The molecular weight excluding hydrogens is 337 g/mol. The van der Waals surface area contributed by atoms with E-state index in [-0.39, 0.29) is 48.5 Å². The van der Waals surface area contributed by atoms with Gasteiger partial charge < -0.3 is 20.7 Å². The number of carbonyl (C=O) groups excluding carboxylic acids is 1. The van der Waals surface area contributed by atoms with Crippen LogP contribution >= 0.6 is 24.8 Å². The summed E-state index contributed by atoms with van der Waals surface area (Å²) in [5, 5.41) is 3.14. The van der Waals surface area contributed by atoms with Crippen molar-refractivity contribution in [3.8, 4) is 0 Å². The maximum Gasteiger partial charge on any atom is 0.249 e. The Morgan fingerprint density at radius 3 is 2.26 bits per heavy atom. The Morgan fingerprint density at radius 2 is 1.78 bits per heavy atom. The molecule has 3 N–H and O–H groups in total. The number of carbonyl (C=O) groups is 1. The average molecular weight is 370 g/mol. The molecule has 1 heterocycles. The number of nitrogens with zero attached hydrogens (tertiary/aromatic N) is 1. The van der Waals surface area contributed by atoms with E-state index in [1.54, 1.807) is 0 Å². The SMILES string of the molecule is CN(C)C1(CNC(=O)[C@@H]2CC[C@H](CN)O2)CCCCCC1.Cl.Cl. The maximum absolute atomic E-state index is 12.3. The molecule has 1 saturated carbocycles. The molecular formula is C16H33Cl2N3O2. The lowest BCUT2D eigenvalue weighted by Crippen LogP contribution is -2.53. The zero-order valence-electron chi connectivity index (χ0n) is 14.4. The quantitative estimate of drug-likeness (QED) is 0.728. The predicted octanol–water partition coefficient (Wildman–Crippen LogP) is 2.11. The van der Waals surface area contributed by atoms with Crippen LogP contribution in [0.2, 0.25) is 0 Å². The summed E-state index contributed by atoms with van der Waals surface area (Å²) < 4.78 is 5.68. The first-order valence-corrected chi connectivity index (χ1v) is 8.38. The van der Waals surface area contributed by atoms with E-state index in [0.29, 0.717) is 6.54 Å². The number of ether oxygens (including phenoxy) is 1. The monoisotopic (exact) mass is 369 g/mol. The third-order valence-electron chi connectivity index (χ3n) is 5.24. The number of hydrogen-bond donors (Lipinski definition) is 2. The number of likely N-dealkylation sites (N-methyl/N-ethyl adjacent to an activating group) is 1. The molecule has 138 valence electrons. The van der Waals surface area contributed by atoms with Gasteiger partial charge in [0.05, 0.1) is 6.10 Å². The van der Waals surface area contributed by atoms with Crippen LogP contribution in [0.4, 0.5) is 0 Å². The van der Waals surface area contributed by atoms with Gasteiger partial charge in [0, 0.05) is 18.6 Å². The second-order valence-corrected chi connectivity index (χ2v) is 6.81. The van der Waals surface area contributed by atoms with Crippen molar-refractivity contribution in [3.05, 3.63) is 0 Å². The Labute approximate surface area is 152 Å². The fraction of sp³-hybridized carbons (Fsp3) is 0.938. The van der Waals surface area contributed by atoms with Crippen molar-refractivity contribution in [1.82, 2.24) is 10.2 Å². The van der Waals surface area contributed by atoms with Crippen LogP contribution in [0.1, 0.15) is 51.4 Å². The van der Waals surface area contributed by atoms with Crippen LogP contribution in [0.3, 0.4) is 0 Å². The number of nitrogens with one attached hydrogen (secondary N) is 1. The Bertz CT molecular complexity index is 348. The second kappa shape index (κ2) is 10.7. The molecule has 23 heavy (non-hydrogen) atoms. The lowest BCUT2D eigenvalue weighted by atomic mass is 9.88. The van der Waals surface area contributed by atoms with Crippen LogP contribution < -0.4 is 11.1 Å². The standard InChI is InChI=1S/C16H31N3O2.2ClH/c1-19(2)16(9-5-3-4-6-10-16)12-18-15(20)14-8-7-13(11-17)21-14;;/h13-14H,3-12,17H2,1-2H3,(H,18,20);2*1H/t13-,14+;;/m1../s1. The number of nitrogens with two attached hydrogens (primary N) is 1. The number of halogens is 2. The third kappa shape index (κ3) is 6.05. The zero-order valence-corrected chi connectivity index (χ0v) is 16.0. The van der Waals surface area contributed by atoms with Gasteiger partial charge in [-0.3, -0.25) is 4.79 Å². The van der Waals surface area contributed by atoms with Crippen molar-refractivity contribution in [2.24, 2.45) is 5.73 Å². The molecule has 1 amide bonds. The van der Waals surface area contributed by atoms with E-state index in [4.69, 9.17) is 10.5 Å². The topological polar surface area (TPSA) is 67.6 Å². The average Bonchev–Trinajstić information content (AvgIpc) is 2.83. The van der Waals surface area contributed by atoms with E-state index < -0.39 is 0 Å². The minimum Gasteiger partial charge on any atom is -0.364 e. The first-order chi connectivity index (χ1) is 10.1. The van der Waals surface area contributed by atoms with Crippen molar-refractivity contribution in [2.45, 2.75) is 69.1 Å². The molecule has 0 aromatic rings. The molecule has 0 aromatic carbocycles. The van der Waals surface area contributed by atoms with E-state index >= 15 is 0 Å². The summed E-state index contributed by atoms with van der Waals surface area (Å²) in [7, 11) is 4.27. The lowest BCUT2D eigenvalue weighted by Gasteiger charge is -2.40. The predicted molar refractivity (Wildman–Crippen MR) is 98.6 cm³/mol. The lowest BCUT2D eigenvalue weighted by molar-refractivity contribution is -0.132. The first kappa shape index (κ1) is 22.9. The third-order valence-corrected chi connectivity index (χ3v) is 5.24. The molecule has 1 aliphatic heterocycles. The Balaban J connectivity index is 0.00000242. The molecule has 0 bridgehead atoms. The molecule has 2 rings (SSSR count). The molecule has 0 radical (unpaired) electrons. The molecule has 1 saturated heterocycles. The highest BCUT2D eigenvalue weighted by Crippen LogP contribution is 2.30. The summed E-state index contributed by atoms with van der Waals surface area (Å²) in [6, 6.07) is 0. The second-order valence-electron chi connectivity index (χ2n) is 6.81. The minimum atomic E-state index is -0.302. The maximum atomic E-state index is 12.3. The molecule has 1 aliphatic carbocycles. The molecule has 5 nitrogen and oxygen atoms in total. The highest BCUT2D eigenvalue weighted by molar-refractivity contribution is 5.85. The van der Waals surface area contributed by atoms with E-state index in [1.807, 2.05) is 0 Å². The van der Waals surface area contributed by atoms with Gasteiger partial charge in [-0.25, -0.2) is 0 Å². The highest BCUT2D eigenvalue weighted by Gasteiger charge is 2.35. The van der Waals surface area contributed by atoms with Gasteiger partial charge in [0.1, 0.15) is 6.10 Å². The summed E-state index contributed by atoms with van der Waals surface area (Å²) in [6.45, 7) is 1.23. The van der Waals surface area contributed by atoms with Crippen LogP contribution in [-0.4, -0.2) is 55.7 Å². The van der Waals surface area contributed by atoms with Crippen LogP contribution in [0.5, 0.6) is 0 Å². The molecule has 0 spiro atoms. The van der Waals surface area contributed by atoms with Crippen molar-refractivity contribution >= 4 is 30.7 Å². The van der Waals surface area contributed by atoms with Crippen LogP contribution in [0.15, 0.2) is 0 Å². The molecule has 2 fully saturated rings. The van der Waals surface area contributed by atoms with E-state index in [0.717, 1.165) is 32.2 Å². The fourth-order valence-corrected chi connectivity index (χ4v) is 3.61. The summed E-state index contributed by atoms with van der Waals surface area (Å²) in [5.74, 6) is 0.0384. The van der Waals surface area contributed by atoms with Gasteiger partial charge in [0.15, 0.2) is 0 Å². The van der Waals surface area contributed by atoms with Gasteiger partial charge >= 0.3 is 0 Å². The first-order valence-electron chi connectivity index (χ1n) is 8.38. The van der Waals surface area contributed by atoms with Crippen LogP contribution in [0.25, 0.3) is 0 Å². The molecule has 0 unspecified atom stereocenters. The van der Waals surface area contributed by atoms with Gasteiger partial charge in [-0.05, 0) is 39.8 Å². The summed E-state index contributed by atoms with van der Waals surface area (Å²) in [5.41, 5.74) is 5.71. The van der Waals surface area contributed by atoms with Crippen molar-refractivity contribution in [1.29, 1.82) is 0 Å². The molecule has 2 aliphatic rings. The highest BCUT2D eigenvalue weighted by atomic mass is 35.5. The molecule has 0 aromatic heterocycles. The van der Waals surface area contributed by atoms with Gasteiger partial charge in [-0.1, -0.05) is 25.7 Å². The number of amides is 1. The van der Waals surface area contributed by atoms with Crippen molar-refractivity contribution in [2.75, 3.05) is 27.2 Å². The fourth-order valence-electron chi connectivity index (χ4n) is 3.61. The van der Waals surface area contributed by atoms with E-state index in [2.05, 4.69) is 24.3 Å². The summed E-state index contributed by atoms with van der Waals surface area (Å²) in [4.78, 5) is 14.6. The smallest absolute Gasteiger partial charge is 0.249 e. The molecule has 7 heteroatoms. The summed E-state index contributed by atoms with van der Waals surface area (Å²) in [6.07, 6.45) is 8.91. The van der Waals surface area contributed by atoms with Gasteiger partial charge in [-0.15, -0.1) is 24.8 Å². The minimum absolute atomic E-state index is 0. The van der Waals surface area contributed by atoms with Crippen LogP contribution in [-0.2, 0) is 9.53 Å². The summed E-state index contributed by atoms with van der Waals surface area (Å²) >= 11 is 0. The Kier molecular flexibility index (Phi) is 10.7. The van der Waals surface area contributed by atoms with Gasteiger partial charge in [-0.2, -0.15) is 0 Å². The van der Waals surface area contributed by atoms with Crippen molar-refractivity contribution < 1.29 is 9.53 Å².